The molecule has 0 aliphatic carbocycles. The maximum Gasteiger partial charge on any atom is 0.180 e. The smallest absolute Gasteiger partial charge is 0.180 e. The number of hydrogen-bond donors (Lipinski definition) is 0. The molecule has 72 valence electrons. The number of nitrogens with zero attached hydrogens (tertiary/aromatic N) is 4. The maximum absolute atomic E-state index is 4.39. The Kier molecular flexibility index (Phi) is 2.62. The first kappa shape index (κ1) is 8.99. The van der Waals surface area contributed by atoms with Crippen LogP contribution < -0.4 is 0 Å². The molecule has 4 heteroatoms. The Morgan fingerprint density at radius 2 is 2.36 bits per heavy atom. The van der Waals surface area contributed by atoms with Crippen molar-refractivity contribution >= 4 is 5.84 Å². The molecule has 0 amide bonds. The first-order valence-corrected chi connectivity index (χ1v) is 4.79. The van der Waals surface area contributed by atoms with Gasteiger partial charge in [-0.2, -0.15) is 5.11 Å². The van der Waals surface area contributed by atoms with Gasteiger partial charge in [0.1, 0.15) is 0 Å². The summed E-state index contributed by atoms with van der Waals surface area (Å²) in [6, 6.07) is 3.82. The van der Waals surface area contributed by atoms with E-state index in [1.807, 2.05) is 12.1 Å². The van der Waals surface area contributed by atoms with Gasteiger partial charge < -0.3 is 0 Å². The molecule has 1 aliphatic heterocycles. The van der Waals surface area contributed by atoms with Gasteiger partial charge in [0.2, 0.25) is 0 Å². The van der Waals surface area contributed by atoms with Gasteiger partial charge in [-0.25, -0.2) is 4.99 Å². The molecule has 0 bridgehead atoms. The second-order valence-electron chi connectivity index (χ2n) is 3.18. The lowest BCUT2D eigenvalue weighted by Gasteiger charge is -1.97. The average molecular weight is 188 g/mol. The van der Waals surface area contributed by atoms with Crippen LogP contribution in [0.5, 0.6) is 0 Å². The molecule has 1 unspecified atom stereocenters. The van der Waals surface area contributed by atoms with Crippen LogP contribution in [0.3, 0.4) is 0 Å². The maximum atomic E-state index is 4.39. The fourth-order valence-electron chi connectivity index (χ4n) is 1.32. The number of pyridine rings is 1. The minimum Gasteiger partial charge on any atom is -0.264 e. The molecular weight excluding hydrogens is 176 g/mol. The lowest BCUT2D eigenvalue weighted by Crippen LogP contribution is -1.98. The molecule has 1 aromatic heterocycles. The minimum atomic E-state index is 0.0233. The molecule has 2 rings (SSSR count). The van der Waals surface area contributed by atoms with Crippen LogP contribution in [0, 0.1) is 0 Å². The van der Waals surface area contributed by atoms with E-state index in [0.717, 1.165) is 18.4 Å². The summed E-state index contributed by atoms with van der Waals surface area (Å²) in [6.07, 6.45) is 5.56. The number of hydrogen-bond acceptors (Lipinski definition) is 4. The van der Waals surface area contributed by atoms with Crippen molar-refractivity contribution in [2.45, 2.75) is 25.9 Å². The zero-order chi connectivity index (χ0) is 9.80. The number of aliphatic imine (C=N–C) groups is 1. The second kappa shape index (κ2) is 4.09. The van der Waals surface area contributed by atoms with E-state index in [1.54, 1.807) is 12.4 Å². The molecule has 1 aromatic rings. The van der Waals surface area contributed by atoms with E-state index in [2.05, 4.69) is 27.1 Å². The van der Waals surface area contributed by atoms with E-state index < -0.39 is 0 Å². The lowest BCUT2D eigenvalue weighted by atomic mass is 10.2. The van der Waals surface area contributed by atoms with Gasteiger partial charge in [0, 0.05) is 18.0 Å². The molecule has 0 spiro atoms. The van der Waals surface area contributed by atoms with E-state index in [1.165, 1.54) is 0 Å². The molecule has 0 N–H and O–H groups in total. The van der Waals surface area contributed by atoms with Crippen LogP contribution in [0.15, 0.2) is 39.7 Å². The van der Waals surface area contributed by atoms with Crippen molar-refractivity contribution in [3.63, 3.8) is 0 Å². The summed E-state index contributed by atoms with van der Waals surface area (Å²) in [5.74, 6) is 0.705. The zero-order valence-electron chi connectivity index (χ0n) is 8.09. The molecule has 0 saturated carbocycles. The van der Waals surface area contributed by atoms with Crippen molar-refractivity contribution in [2.75, 3.05) is 0 Å². The Morgan fingerprint density at radius 1 is 1.43 bits per heavy atom. The SMILES string of the molecule is CCCC1N=NC(c2cccnc2)=N1. The molecule has 1 atom stereocenters. The summed E-state index contributed by atoms with van der Waals surface area (Å²) in [6.45, 7) is 2.12. The highest BCUT2D eigenvalue weighted by Gasteiger charge is 2.14. The minimum absolute atomic E-state index is 0.0233. The van der Waals surface area contributed by atoms with Crippen LogP contribution in [0.25, 0.3) is 0 Å². The first-order chi connectivity index (χ1) is 6.90. The highest BCUT2D eigenvalue weighted by atomic mass is 15.3. The Hall–Kier alpha value is -1.58. The number of aromatic nitrogens is 1. The van der Waals surface area contributed by atoms with Crippen molar-refractivity contribution in [3.05, 3.63) is 30.1 Å². The van der Waals surface area contributed by atoms with Crippen molar-refractivity contribution < 1.29 is 0 Å². The highest BCUT2D eigenvalue weighted by molar-refractivity contribution is 5.99. The number of azo groups is 1. The van der Waals surface area contributed by atoms with Crippen LogP contribution in [0.1, 0.15) is 25.3 Å². The van der Waals surface area contributed by atoms with Crippen LogP contribution in [0.4, 0.5) is 0 Å². The number of rotatable bonds is 3. The van der Waals surface area contributed by atoms with Gasteiger partial charge in [-0.15, -0.1) is 5.11 Å². The summed E-state index contributed by atoms with van der Waals surface area (Å²) < 4.78 is 0. The van der Waals surface area contributed by atoms with E-state index >= 15 is 0 Å². The van der Waals surface area contributed by atoms with Gasteiger partial charge in [0.25, 0.3) is 0 Å². The van der Waals surface area contributed by atoms with Gasteiger partial charge in [0.05, 0.1) is 0 Å². The van der Waals surface area contributed by atoms with E-state index in [-0.39, 0.29) is 6.17 Å². The highest BCUT2D eigenvalue weighted by Crippen LogP contribution is 2.14. The third-order valence-electron chi connectivity index (χ3n) is 2.02. The van der Waals surface area contributed by atoms with Crippen LogP contribution >= 0.6 is 0 Å². The van der Waals surface area contributed by atoms with Crippen molar-refractivity contribution in [1.29, 1.82) is 0 Å². The van der Waals surface area contributed by atoms with Crippen molar-refractivity contribution in [2.24, 2.45) is 15.2 Å². The molecule has 4 nitrogen and oxygen atoms in total. The molecule has 0 aromatic carbocycles. The lowest BCUT2D eigenvalue weighted by molar-refractivity contribution is 0.629. The zero-order valence-corrected chi connectivity index (χ0v) is 8.09. The van der Waals surface area contributed by atoms with Crippen molar-refractivity contribution in [1.82, 2.24) is 4.98 Å². The predicted octanol–water partition coefficient (Wildman–Crippen LogP) is 2.42. The Balaban J connectivity index is 2.15. The van der Waals surface area contributed by atoms with E-state index in [0.29, 0.717) is 5.84 Å². The largest absolute Gasteiger partial charge is 0.264 e. The van der Waals surface area contributed by atoms with Gasteiger partial charge in [0.15, 0.2) is 12.0 Å². The van der Waals surface area contributed by atoms with E-state index in [4.69, 9.17) is 0 Å². The fourth-order valence-corrected chi connectivity index (χ4v) is 1.32. The summed E-state index contributed by atoms with van der Waals surface area (Å²) in [5.41, 5.74) is 0.940. The summed E-state index contributed by atoms with van der Waals surface area (Å²) in [4.78, 5) is 8.41. The van der Waals surface area contributed by atoms with Gasteiger partial charge in [-0.05, 0) is 18.6 Å². The molecule has 2 heterocycles. The normalized spacial score (nSPS) is 19.8. The summed E-state index contributed by atoms with van der Waals surface area (Å²) in [7, 11) is 0. The molecule has 1 aliphatic rings. The quantitative estimate of drug-likeness (QED) is 0.718. The molecule has 0 saturated heterocycles. The van der Waals surface area contributed by atoms with Gasteiger partial charge in [-0.3, -0.25) is 4.98 Å². The summed E-state index contributed by atoms with van der Waals surface area (Å²) >= 11 is 0. The molecule has 14 heavy (non-hydrogen) atoms. The van der Waals surface area contributed by atoms with Gasteiger partial charge >= 0.3 is 0 Å². The third kappa shape index (κ3) is 1.84. The Labute approximate surface area is 82.8 Å². The average Bonchev–Trinajstić information content (AvgIpc) is 2.68. The second-order valence-corrected chi connectivity index (χ2v) is 3.18. The number of amidine groups is 1. The topological polar surface area (TPSA) is 50.0 Å². The molecular formula is C10H12N4. The predicted molar refractivity (Wildman–Crippen MR) is 54.3 cm³/mol. The molecule has 0 fully saturated rings. The standard InChI is InChI=1S/C10H12N4/c1-2-4-9-12-10(14-13-9)8-5-3-6-11-7-8/h3,5-7,9H,2,4H2,1H3. The van der Waals surface area contributed by atoms with Crippen LogP contribution in [0.2, 0.25) is 0 Å². The molecule has 0 radical (unpaired) electrons. The van der Waals surface area contributed by atoms with E-state index in [9.17, 15) is 0 Å². The van der Waals surface area contributed by atoms with Gasteiger partial charge in [-0.1, -0.05) is 13.3 Å². The third-order valence-corrected chi connectivity index (χ3v) is 2.02. The monoisotopic (exact) mass is 188 g/mol. The Bertz CT molecular complexity index is 356. The van der Waals surface area contributed by atoms with Crippen LogP contribution in [-0.4, -0.2) is 17.0 Å². The first-order valence-electron chi connectivity index (χ1n) is 4.79. The summed E-state index contributed by atoms with van der Waals surface area (Å²) in [5, 5.41) is 8.12. The Morgan fingerprint density at radius 3 is 3.07 bits per heavy atom. The van der Waals surface area contributed by atoms with Crippen molar-refractivity contribution in [3.8, 4) is 0 Å². The van der Waals surface area contributed by atoms with Crippen LogP contribution in [-0.2, 0) is 0 Å². The fraction of sp³-hybridized carbons (Fsp3) is 0.400.